The van der Waals surface area contributed by atoms with Crippen molar-refractivity contribution in [3.8, 4) is 0 Å². The molecule has 4 nitrogen and oxygen atoms in total. The van der Waals surface area contributed by atoms with Crippen molar-refractivity contribution >= 4 is 17.3 Å². The van der Waals surface area contributed by atoms with Crippen molar-refractivity contribution in [2.24, 2.45) is 0 Å². The molecule has 2 heterocycles. The van der Waals surface area contributed by atoms with Gasteiger partial charge in [-0.25, -0.2) is 4.39 Å². The normalized spacial score (nSPS) is 16.9. The topological polar surface area (TPSA) is 26.8 Å². The number of carbonyl (C=O) groups is 1. The van der Waals surface area contributed by atoms with E-state index in [0.717, 1.165) is 13.0 Å². The molecule has 2 aromatic carbocycles. The molecule has 0 radical (unpaired) electrons. The van der Waals surface area contributed by atoms with Gasteiger partial charge >= 0.3 is 0 Å². The van der Waals surface area contributed by atoms with Crippen LogP contribution in [0.3, 0.4) is 0 Å². The number of hydrogen-bond acceptors (Lipinski definition) is 3. The van der Waals surface area contributed by atoms with Crippen molar-refractivity contribution < 1.29 is 9.18 Å². The molecule has 0 aliphatic carbocycles. The molecule has 0 spiro atoms. The molecule has 0 saturated carbocycles. The molecule has 1 saturated heterocycles. The lowest BCUT2D eigenvalue weighted by molar-refractivity contribution is -0.130. The molecule has 130 valence electrons. The zero-order chi connectivity index (χ0) is 17.2. The van der Waals surface area contributed by atoms with Crippen LogP contribution in [0.5, 0.6) is 0 Å². The lowest BCUT2D eigenvalue weighted by Gasteiger charge is -2.37. The van der Waals surface area contributed by atoms with E-state index >= 15 is 0 Å². The predicted octanol–water partition coefficient (Wildman–Crippen LogP) is 2.54. The maximum atomic E-state index is 13.9. The molecular weight excluding hydrogens is 317 g/mol. The van der Waals surface area contributed by atoms with Gasteiger partial charge in [0.1, 0.15) is 5.82 Å². The number of piperazine rings is 1. The number of hydrogen-bond donors (Lipinski definition) is 0. The lowest BCUT2D eigenvalue weighted by Crippen LogP contribution is -2.51. The Kier molecular flexibility index (Phi) is 4.30. The van der Waals surface area contributed by atoms with Gasteiger partial charge in [-0.15, -0.1) is 0 Å². The smallest absolute Gasteiger partial charge is 0.242 e. The van der Waals surface area contributed by atoms with Crippen LogP contribution in [0.2, 0.25) is 0 Å². The zero-order valence-corrected chi connectivity index (χ0v) is 14.2. The molecule has 1 fully saturated rings. The first-order valence-electron chi connectivity index (χ1n) is 8.82. The second kappa shape index (κ2) is 6.75. The highest BCUT2D eigenvalue weighted by molar-refractivity contribution is 5.82. The van der Waals surface area contributed by atoms with Crippen molar-refractivity contribution in [3.05, 3.63) is 59.9 Å². The van der Waals surface area contributed by atoms with Crippen molar-refractivity contribution in [1.29, 1.82) is 0 Å². The molecule has 0 unspecified atom stereocenters. The number of anilines is 2. The predicted molar refractivity (Wildman–Crippen MR) is 97.6 cm³/mol. The van der Waals surface area contributed by atoms with Crippen LogP contribution in [0.4, 0.5) is 15.8 Å². The first kappa shape index (κ1) is 15.9. The Morgan fingerprint density at radius 3 is 2.32 bits per heavy atom. The molecule has 0 N–H and O–H groups in total. The standard InChI is InChI=1S/C20H22FN3O/c21-17-6-2-4-8-19(17)22-11-13-23(14-12-22)20(25)15-24-10-9-16-5-1-3-7-18(16)24/h1-8H,9-15H2. The molecule has 2 aromatic rings. The average Bonchev–Trinajstić information content (AvgIpc) is 3.05. The Hall–Kier alpha value is -2.56. The fourth-order valence-electron chi connectivity index (χ4n) is 3.74. The SMILES string of the molecule is O=C(CN1CCc2ccccc21)N1CCN(c2ccccc2F)CC1. The van der Waals surface area contributed by atoms with E-state index in [4.69, 9.17) is 0 Å². The van der Waals surface area contributed by atoms with Gasteiger partial charge < -0.3 is 14.7 Å². The van der Waals surface area contributed by atoms with E-state index in [9.17, 15) is 9.18 Å². The first-order chi connectivity index (χ1) is 12.2. The number of amides is 1. The number of nitrogens with zero attached hydrogens (tertiary/aromatic N) is 3. The summed E-state index contributed by atoms with van der Waals surface area (Å²) in [5.74, 6) is -0.0409. The van der Waals surface area contributed by atoms with Crippen LogP contribution < -0.4 is 9.80 Å². The fourth-order valence-corrected chi connectivity index (χ4v) is 3.74. The Bertz CT molecular complexity index is 771. The van der Waals surface area contributed by atoms with Crippen molar-refractivity contribution in [1.82, 2.24) is 4.90 Å². The highest BCUT2D eigenvalue weighted by Crippen LogP contribution is 2.27. The molecule has 0 atom stereocenters. The third kappa shape index (κ3) is 3.18. The third-order valence-electron chi connectivity index (χ3n) is 5.13. The van der Waals surface area contributed by atoms with Gasteiger partial charge in [0.15, 0.2) is 0 Å². The van der Waals surface area contributed by atoms with Crippen LogP contribution in [0.25, 0.3) is 0 Å². The van der Waals surface area contributed by atoms with Crippen LogP contribution in [-0.4, -0.2) is 50.1 Å². The molecule has 0 bridgehead atoms. The van der Waals surface area contributed by atoms with E-state index in [1.165, 1.54) is 17.3 Å². The summed E-state index contributed by atoms with van der Waals surface area (Å²) < 4.78 is 13.9. The molecule has 5 heteroatoms. The van der Waals surface area contributed by atoms with E-state index in [1.54, 1.807) is 12.1 Å². The lowest BCUT2D eigenvalue weighted by atomic mass is 10.2. The Balaban J connectivity index is 1.35. The van der Waals surface area contributed by atoms with Gasteiger partial charge in [-0.2, -0.15) is 0 Å². The van der Waals surface area contributed by atoms with E-state index in [0.29, 0.717) is 38.4 Å². The van der Waals surface area contributed by atoms with Gasteiger partial charge in [-0.3, -0.25) is 4.79 Å². The van der Waals surface area contributed by atoms with Gasteiger partial charge in [0, 0.05) is 38.4 Å². The second-order valence-corrected chi connectivity index (χ2v) is 6.62. The Morgan fingerprint density at radius 2 is 1.56 bits per heavy atom. The molecule has 0 aromatic heterocycles. The van der Waals surface area contributed by atoms with Gasteiger partial charge in [-0.1, -0.05) is 30.3 Å². The summed E-state index contributed by atoms with van der Waals surface area (Å²) in [7, 11) is 0. The van der Waals surface area contributed by atoms with Crippen LogP contribution >= 0.6 is 0 Å². The van der Waals surface area contributed by atoms with Crippen LogP contribution in [-0.2, 0) is 11.2 Å². The molecule has 2 aliphatic heterocycles. The summed E-state index contributed by atoms with van der Waals surface area (Å²) in [5, 5.41) is 0. The summed E-state index contributed by atoms with van der Waals surface area (Å²) >= 11 is 0. The summed E-state index contributed by atoms with van der Waals surface area (Å²) in [5.41, 5.74) is 3.13. The number of benzene rings is 2. The van der Waals surface area contributed by atoms with E-state index < -0.39 is 0 Å². The quantitative estimate of drug-likeness (QED) is 0.860. The first-order valence-corrected chi connectivity index (χ1v) is 8.82. The number of fused-ring (bicyclic) bond motifs is 1. The molecule has 25 heavy (non-hydrogen) atoms. The largest absolute Gasteiger partial charge is 0.366 e. The summed E-state index contributed by atoms with van der Waals surface area (Å²) in [6.07, 6.45) is 1.00. The molecule has 2 aliphatic rings. The number of rotatable bonds is 3. The minimum atomic E-state index is -0.198. The summed E-state index contributed by atoms with van der Waals surface area (Å²) in [6.45, 7) is 3.95. The van der Waals surface area contributed by atoms with E-state index in [1.807, 2.05) is 28.0 Å². The Morgan fingerprint density at radius 1 is 0.880 bits per heavy atom. The van der Waals surface area contributed by atoms with Gasteiger partial charge in [-0.05, 0) is 30.2 Å². The van der Waals surface area contributed by atoms with Crippen LogP contribution in [0.1, 0.15) is 5.56 Å². The zero-order valence-electron chi connectivity index (χ0n) is 14.2. The number of halogens is 1. The highest BCUT2D eigenvalue weighted by Gasteiger charge is 2.26. The fraction of sp³-hybridized carbons (Fsp3) is 0.350. The average molecular weight is 339 g/mol. The van der Waals surface area contributed by atoms with Crippen LogP contribution in [0.15, 0.2) is 48.5 Å². The number of carbonyl (C=O) groups excluding carboxylic acids is 1. The van der Waals surface area contributed by atoms with Crippen molar-refractivity contribution in [3.63, 3.8) is 0 Å². The minimum absolute atomic E-state index is 0.157. The minimum Gasteiger partial charge on any atom is -0.366 e. The maximum absolute atomic E-state index is 13.9. The van der Waals surface area contributed by atoms with E-state index in [2.05, 4.69) is 17.0 Å². The second-order valence-electron chi connectivity index (χ2n) is 6.62. The monoisotopic (exact) mass is 339 g/mol. The maximum Gasteiger partial charge on any atom is 0.242 e. The molecule has 4 rings (SSSR count). The summed E-state index contributed by atoms with van der Waals surface area (Å²) in [4.78, 5) is 18.8. The van der Waals surface area contributed by atoms with E-state index in [-0.39, 0.29) is 11.7 Å². The van der Waals surface area contributed by atoms with Gasteiger partial charge in [0.2, 0.25) is 5.91 Å². The Labute approximate surface area is 147 Å². The van der Waals surface area contributed by atoms with Crippen LogP contribution in [0, 0.1) is 5.82 Å². The highest BCUT2D eigenvalue weighted by atomic mass is 19.1. The molecular formula is C20H22FN3O. The third-order valence-corrected chi connectivity index (χ3v) is 5.13. The number of para-hydroxylation sites is 2. The van der Waals surface area contributed by atoms with Gasteiger partial charge in [0.05, 0.1) is 12.2 Å². The summed E-state index contributed by atoms with van der Waals surface area (Å²) in [6, 6.07) is 15.1. The molecule has 1 amide bonds. The van der Waals surface area contributed by atoms with Gasteiger partial charge in [0.25, 0.3) is 0 Å². The van der Waals surface area contributed by atoms with Crippen molar-refractivity contribution in [2.75, 3.05) is 49.1 Å². The van der Waals surface area contributed by atoms with Crippen molar-refractivity contribution in [2.45, 2.75) is 6.42 Å².